The number of hydrogen-bond acceptors (Lipinski definition) is 3. The number of carbonyl (C=O) groups excluding carboxylic acids is 1. The summed E-state index contributed by atoms with van der Waals surface area (Å²) in [5, 5.41) is 0. The number of ether oxygens (including phenoxy) is 1. The maximum atomic E-state index is 13.3. The molecule has 0 heterocycles. The number of rotatable bonds is 7. The molecule has 0 atom stereocenters. The second kappa shape index (κ2) is 8.01. The van der Waals surface area contributed by atoms with Gasteiger partial charge in [-0.1, -0.05) is 42.5 Å². The average Bonchev–Trinajstić information content (AvgIpc) is 2.50. The summed E-state index contributed by atoms with van der Waals surface area (Å²) in [5.74, 6) is -0.629. The molecule has 2 rings (SSSR count). The summed E-state index contributed by atoms with van der Waals surface area (Å²) in [7, 11) is 0. The monoisotopic (exact) mass is 289 g/mol. The minimum Gasteiger partial charge on any atom is -0.490 e. The molecule has 4 nitrogen and oxygen atoms in total. The van der Waals surface area contributed by atoms with Gasteiger partial charge in [-0.25, -0.2) is 9.87 Å². The molecule has 2 aromatic rings. The van der Waals surface area contributed by atoms with Crippen LogP contribution in [-0.2, 0) is 16.2 Å². The van der Waals surface area contributed by atoms with Crippen molar-refractivity contribution in [2.75, 3.05) is 6.61 Å². The van der Waals surface area contributed by atoms with E-state index in [2.05, 4.69) is 5.48 Å². The molecule has 0 aliphatic rings. The molecule has 1 N–H and O–H groups in total. The lowest BCUT2D eigenvalue weighted by Gasteiger charge is -2.08. The van der Waals surface area contributed by atoms with Crippen LogP contribution in [0.4, 0.5) is 4.39 Å². The number of hydroxylamine groups is 1. The SMILES string of the molecule is O=C(CCOc1ccccc1F)NOCc1ccccc1. The van der Waals surface area contributed by atoms with E-state index in [0.29, 0.717) is 6.61 Å². The van der Waals surface area contributed by atoms with Crippen molar-refractivity contribution in [1.82, 2.24) is 5.48 Å². The zero-order chi connectivity index (χ0) is 14.9. The molecular weight excluding hydrogens is 273 g/mol. The number of carbonyl (C=O) groups is 1. The predicted octanol–water partition coefficient (Wildman–Crippen LogP) is 2.84. The number of halogens is 1. The van der Waals surface area contributed by atoms with Crippen molar-refractivity contribution in [2.45, 2.75) is 13.0 Å². The molecule has 0 radical (unpaired) electrons. The Balaban J connectivity index is 1.63. The van der Waals surface area contributed by atoms with Gasteiger partial charge in [0.2, 0.25) is 5.91 Å². The van der Waals surface area contributed by atoms with E-state index < -0.39 is 5.82 Å². The Bertz CT molecular complexity index is 575. The lowest BCUT2D eigenvalue weighted by molar-refractivity contribution is -0.135. The molecule has 2 aromatic carbocycles. The maximum absolute atomic E-state index is 13.3. The van der Waals surface area contributed by atoms with Crippen LogP contribution >= 0.6 is 0 Å². The van der Waals surface area contributed by atoms with Gasteiger partial charge in [0.05, 0.1) is 19.6 Å². The molecule has 0 aliphatic heterocycles. The van der Waals surface area contributed by atoms with Gasteiger partial charge in [0.25, 0.3) is 0 Å². The van der Waals surface area contributed by atoms with Crippen molar-refractivity contribution >= 4 is 5.91 Å². The first-order chi connectivity index (χ1) is 10.3. The summed E-state index contributed by atoms with van der Waals surface area (Å²) >= 11 is 0. The number of hydrogen-bond donors (Lipinski definition) is 1. The van der Waals surface area contributed by atoms with Gasteiger partial charge in [-0.2, -0.15) is 0 Å². The Labute approximate surface area is 122 Å². The first-order valence-corrected chi connectivity index (χ1v) is 6.57. The van der Waals surface area contributed by atoms with E-state index in [9.17, 15) is 9.18 Å². The lowest BCUT2D eigenvalue weighted by atomic mass is 10.2. The van der Waals surface area contributed by atoms with Crippen molar-refractivity contribution in [2.24, 2.45) is 0 Å². The topological polar surface area (TPSA) is 47.6 Å². The standard InChI is InChI=1S/C16H16FNO3/c17-14-8-4-5-9-15(14)20-11-10-16(19)18-21-12-13-6-2-1-3-7-13/h1-9H,10-12H2,(H,18,19). The van der Waals surface area contributed by atoms with Crippen LogP contribution < -0.4 is 10.2 Å². The van der Waals surface area contributed by atoms with Crippen LogP contribution in [-0.4, -0.2) is 12.5 Å². The first kappa shape index (κ1) is 15.0. The van der Waals surface area contributed by atoms with Crippen LogP contribution in [0.1, 0.15) is 12.0 Å². The molecule has 1 amide bonds. The van der Waals surface area contributed by atoms with Crippen LogP contribution in [0.2, 0.25) is 0 Å². The average molecular weight is 289 g/mol. The fourth-order valence-electron chi connectivity index (χ4n) is 1.64. The summed E-state index contributed by atoms with van der Waals surface area (Å²) in [5.41, 5.74) is 3.28. The van der Waals surface area contributed by atoms with Gasteiger partial charge >= 0.3 is 0 Å². The highest BCUT2D eigenvalue weighted by atomic mass is 19.1. The molecule has 0 saturated carbocycles. The van der Waals surface area contributed by atoms with Crippen molar-refractivity contribution < 1.29 is 18.8 Å². The normalized spacial score (nSPS) is 10.1. The van der Waals surface area contributed by atoms with E-state index in [-0.39, 0.29) is 24.7 Å². The van der Waals surface area contributed by atoms with Crippen LogP contribution in [0, 0.1) is 5.82 Å². The highest BCUT2D eigenvalue weighted by Crippen LogP contribution is 2.15. The zero-order valence-electron chi connectivity index (χ0n) is 11.4. The molecule has 0 saturated heterocycles. The van der Waals surface area contributed by atoms with Gasteiger partial charge in [0, 0.05) is 0 Å². The van der Waals surface area contributed by atoms with Crippen LogP contribution in [0.3, 0.4) is 0 Å². The highest BCUT2D eigenvalue weighted by Gasteiger charge is 2.05. The Morgan fingerprint density at radius 1 is 1.05 bits per heavy atom. The molecule has 0 aliphatic carbocycles. The summed E-state index contributed by atoms with van der Waals surface area (Å²) < 4.78 is 18.4. The quantitative estimate of drug-likeness (QED) is 0.797. The molecule has 0 fully saturated rings. The fourth-order valence-corrected chi connectivity index (χ4v) is 1.64. The van der Waals surface area contributed by atoms with Gasteiger partial charge in [-0.15, -0.1) is 0 Å². The van der Waals surface area contributed by atoms with Gasteiger partial charge in [-0.3, -0.25) is 9.63 Å². The highest BCUT2D eigenvalue weighted by molar-refractivity contribution is 5.74. The van der Waals surface area contributed by atoms with E-state index in [0.717, 1.165) is 5.56 Å². The van der Waals surface area contributed by atoms with Crippen LogP contribution in [0.5, 0.6) is 5.75 Å². The van der Waals surface area contributed by atoms with E-state index >= 15 is 0 Å². The lowest BCUT2D eigenvalue weighted by Crippen LogP contribution is -2.25. The molecule has 0 unspecified atom stereocenters. The summed E-state index contributed by atoms with van der Waals surface area (Å²) in [6.07, 6.45) is 0.0864. The second-order valence-corrected chi connectivity index (χ2v) is 4.33. The van der Waals surface area contributed by atoms with E-state index in [1.807, 2.05) is 30.3 Å². The smallest absolute Gasteiger partial charge is 0.246 e. The third-order valence-electron chi connectivity index (χ3n) is 2.69. The Morgan fingerprint density at radius 2 is 1.76 bits per heavy atom. The van der Waals surface area contributed by atoms with E-state index in [4.69, 9.17) is 9.57 Å². The third-order valence-corrected chi connectivity index (χ3v) is 2.69. The van der Waals surface area contributed by atoms with Gasteiger partial charge in [0.15, 0.2) is 11.6 Å². The molecule has 21 heavy (non-hydrogen) atoms. The summed E-state index contributed by atoms with van der Waals surface area (Å²) in [6.45, 7) is 0.377. The van der Waals surface area contributed by atoms with Crippen molar-refractivity contribution in [3.8, 4) is 5.75 Å². The number of para-hydroxylation sites is 1. The molecule has 0 bridgehead atoms. The molecular formula is C16H16FNO3. The molecule has 5 heteroatoms. The van der Waals surface area contributed by atoms with Crippen molar-refractivity contribution in [1.29, 1.82) is 0 Å². The minimum absolute atomic E-state index is 0.0848. The first-order valence-electron chi connectivity index (χ1n) is 6.57. The largest absolute Gasteiger partial charge is 0.490 e. The van der Waals surface area contributed by atoms with E-state index in [1.165, 1.54) is 12.1 Å². The summed E-state index contributed by atoms with van der Waals surface area (Å²) in [4.78, 5) is 16.6. The van der Waals surface area contributed by atoms with Crippen molar-refractivity contribution in [3.63, 3.8) is 0 Å². The zero-order valence-corrected chi connectivity index (χ0v) is 11.4. The minimum atomic E-state index is -0.446. The number of nitrogens with one attached hydrogen (secondary N) is 1. The third kappa shape index (κ3) is 5.24. The Hall–Kier alpha value is -2.40. The molecule has 0 aromatic heterocycles. The van der Waals surface area contributed by atoms with Gasteiger partial charge in [-0.05, 0) is 17.7 Å². The molecule has 110 valence electrons. The number of amides is 1. The van der Waals surface area contributed by atoms with Crippen molar-refractivity contribution in [3.05, 3.63) is 66.0 Å². The van der Waals surface area contributed by atoms with Crippen LogP contribution in [0.25, 0.3) is 0 Å². The maximum Gasteiger partial charge on any atom is 0.246 e. The van der Waals surface area contributed by atoms with Crippen LogP contribution in [0.15, 0.2) is 54.6 Å². The Morgan fingerprint density at radius 3 is 2.52 bits per heavy atom. The second-order valence-electron chi connectivity index (χ2n) is 4.33. The van der Waals surface area contributed by atoms with Gasteiger partial charge in [0.1, 0.15) is 0 Å². The van der Waals surface area contributed by atoms with Gasteiger partial charge < -0.3 is 4.74 Å². The molecule has 0 spiro atoms. The predicted molar refractivity (Wildman–Crippen MR) is 75.9 cm³/mol. The number of benzene rings is 2. The Kier molecular flexibility index (Phi) is 5.72. The summed E-state index contributed by atoms with van der Waals surface area (Å²) in [6, 6.07) is 15.5. The van der Waals surface area contributed by atoms with E-state index in [1.54, 1.807) is 12.1 Å². The fraction of sp³-hybridized carbons (Fsp3) is 0.188.